The third-order valence-corrected chi connectivity index (χ3v) is 15.7. The van der Waals surface area contributed by atoms with Crippen LogP contribution in [0.1, 0.15) is 104 Å². The molecule has 3 aliphatic rings. The fraction of sp³-hybridized carbons (Fsp3) is 0.379. The molecular weight excluding hydrogens is 1470 g/mol. The van der Waals surface area contributed by atoms with E-state index in [0.29, 0.717) is 91.2 Å². The predicted molar refractivity (Wildman–Crippen MR) is 363 cm³/mol. The first-order valence-electron chi connectivity index (χ1n) is 27.2. The maximum absolute atomic E-state index is 11.9. The van der Waals surface area contributed by atoms with Gasteiger partial charge in [-0.05, 0) is 179 Å². The second-order valence-corrected chi connectivity index (χ2v) is 25.4. The van der Waals surface area contributed by atoms with Gasteiger partial charge >= 0.3 is 7.12 Å². The quantitative estimate of drug-likeness (QED) is 0.0316. The molecule has 0 bridgehead atoms. The summed E-state index contributed by atoms with van der Waals surface area (Å²) in [4.78, 5) is 94.8. The van der Waals surface area contributed by atoms with Crippen molar-refractivity contribution in [2.24, 2.45) is 0 Å². The molecular formula is C58H71BBr5ClN14O8. The fourth-order valence-electron chi connectivity index (χ4n) is 8.00. The largest absolute Gasteiger partial charge is 0.494 e. The van der Waals surface area contributed by atoms with Gasteiger partial charge in [-0.15, -0.1) is 0 Å². The molecule has 3 saturated heterocycles. The van der Waals surface area contributed by atoms with E-state index in [4.69, 9.17) is 49.6 Å². The van der Waals surface area contributed by atoms with Crippen molar-refractivity contribution in [3.05, 3.63) is 110 Å². The van der Waals surface area contributed by atoms with Gasteiger partial charge in [-0.3, -0.25) is 33.8 Å². The van der Waals surface area contributed by atoms with Crippen molar-refractivity contribution in [2.45, 2.75) is 117 Å². The Labute approximate surface area is 554 Å². The highest BCUT2D eigenvalue weighted by molar-refractivity contribution is 9.11. The molecule has 0 spiro atoms. The molecule has 3 amide bonds. The number of nitrogens with two attached hydrogens (primary N) is 5. The summed E-state index contributed by atoms with van der Waals surface area (Å²) in [5.74, 6) is 2.30. The number of halogens is 6. The number of ketones is 2. The van der Waals surface area contributed by atoms with Gasteiger partial charge in [0.2, 0.25) is 23.0 Å². The first kappa shape index (κ1) is 73.5. The van der Waals surface area contributed by atoms with E-state index in [-0.39, 0.29) is 45.7 Å². The molecule has 0 aliphatic carbocycles. The topological polar surface area (TPSA) is 347 Å². The van der Waals surface area contributed by atoms with Crippen molar-refractivity contribution in [1.29, 1.82) is 0 Å². The third kappa shape index (κ3) is 24.5. The number of amides is 3. The second-order valence-electron chi connectivity index (χ2n) is 20.6. The number of hydrogen-bond acceptors (Lipinski definition) is 19. The van der Waals surface area contributed by atoms with E-state index in [9.17, 15) is 28.8 Å². The highest BCUT2D eigenvalue weighted by Crippen LogP contribution is 2.37. The van der Waals surface area contributed by atoms with Crippen LogP contribution in [0.4, 0.5) is 46.2 Å². The number of carbonyl (C=O) groups is 6. The van der Waals surface area contributed by atoms with Crippen LogP contribution in [0, 0.1) is 0 Å². The van der Waals surface area contributed by atoms with E-state index in [2.05, 4.69) is 115 Å². The Morgan fingerprint density at radius 1 is 0.632 bits per heavy atom. The zero-order chi connectivity index (χ0) is 64.6. The highest BCUT2D eigenvalue weighted by atomic mass is 79.9. The average molecular weight is 1540 g/mol. The van der Waals surface area contributed by atoms with Crippen LogP contribution >= 0.6 is 91.3 Å². The van der Waals surface area contributed by atoms with Crippen molar-refractivity contribution in [2.75, 3.05) is 67.5 Å². The number of hydrogen-bond donors (Lipinski definition) is 6. The van der Waals surface area contributed by atoms with E-state index < -0.39 is 7.12 Å². The minimum absolute atomic E-state index is 0.0595. The Hall–Kier alpha value is -6.01. The Kier molecular flexibility index (Phi) is 30.3. The minimum Gasteiger partial charge on any atom is -0.399 e. The minimum atomic E-state index is -0.404. The summed E-state index contributed by atoms with van der Waals surface area (Å²) in [6.45, 7) is 12.5. The number of nitrogen functional groups attached to an aromatic ring is 5. The summed E-state index contributed by atoms with van der Waals surface area (Å²) in [7, 11) is -0.404. The van der Waals surface area contributed by atoms with Crippen molar-refractivity contribution in [3.8, 4) is 11.1 Å². The van der Waals surface area contributed by atoms with Gasteiger partial charge in [0.05, 0.1) is 28.3 Å². The summed E-state index contributed by atoms with van der Waals surface area (Å²) >= 11 is 21.3. The molecule has 22 nitrogen and oxygen atoms in total. The summed E-state index contributed by atoms with van der Waals surface area (Å²) in [6.07, 6.45) is 16.1. The van der Waals surface area contributed by atoms with Crippen LogP contribution in [0.25, 0.3) is 11.1 Å². The van der Waals surface area contributed by atoms with Crippen LogP contribution in [0.3, 0.4) is 0 Å². The SMILES string of the molecule is CC(=O)Cc1cc(B2OC(C)(C)C(C)(C)O2)ccn1.CC(=O)Nc1cc(-c2cnc(N)c(N3CCCC3=O)c2)ccn1.Nc1cc(Br)cnc1N.Nc1ncc(Br)cc1CC(=O)CCCBr.Nc1ncc(Br)cc1N1CCCC1=O.O=C(Cl)CCCBr. The van der Waals surface area contributed by atoms with Crippen LogP contribution in [0.5, 0.6) is 0 Å². The monoisotopic (exact) mass is 1530 g/mol. The third-order valence-electron chi connectivity index (χ3n) is 13.1. The lowest BCUT2D eigenvalue weighted by Crippen LogP contribution is -2.41. The molecule has 0 radical (unpaired) electrons. The van der Waals surface area contributed by atoms with Crippen LogP contribution in [0.15, 0.2) is 99.1 Å². The van der Waals surface area contributed by atoms with E-state index in [1.165, 1.54) is 6.92 Å². The zero-order valence-electron chi connectivity index (χ0n) is 49.1. The molecule has 3 fully saturated rings. The van der Waals surface area contributed by atoms with Gasteiger partial charge in [-0.1, -0.05) is 31.9 Å². The second kappa shape index (κ2) is 35.9. The molecule has 87 heavy (non-hydrogen) atoms. The molecule has 466 valence electrons. The summed E-state index contributed by atoms with van der Waals surface area (Å²) in [5, 5.41) is 4.10. The zero-order valence-corrected chi connectivity index (χ0v) is 57.7. The van der Waals surface area contributed by atoms with E-state index >= 15 is 0 Å². The van der Waals surface area contributed by atoms with E-state index in [0.717, 1.165) is 84.2 Å². The molecule has 9 rings (SSSR count). The number of alkyl halides is 2. The Bertz CT molecular complexity index is 3340. The molecule has 0 unspecified atom stereocenters. The molecule has 9 heterocycles. The summed E-state index contributed by atoms with van der Waals surface area (Å²) in [6, 6.07) is 14.5. The number of aromatic nitrogens is 6. The number of nitrogens with one attached hydrogen (secondary N) is 1. The van der Waals surface area contributed by atoms with Crippen molar-refractivity contribution in [1.82, 2.24) is 29.9 Å². The first-order valence-corrected chi connectivity index (χ1v) is 32.2. The molecule has 0 saturated carbocycles. The molecule has 3 aliphatic heterocycles. The number of pyridine rings is 6. The molecule has 6 aromatic rings. The van der Waals surface area contributed by atoms with Crippen LogP contribution in [0.2, 0.25) is 0 Å². The number of carbonyl (C=O) groups excluding carboxylic acids is 6. The van der Waals surface area contributed by atoms with Crippen LogP contribution in [-0.4, -0.2) is 107 Å². The van der Waals surface area contributed by atoms with Crippen molar-refractivity contribution < 1.29 is 38.1 Å². The number of rotatable bonds is 15. The number of nitrogens with zero attached hydrogens (tertiary/aromatic N) is 8. The standard InChI is InChI=1S/C16H17N5O2.C14H20BNO3.C10H12Br2N2O.C9H10BrN3O.C5H6BrN3.C4H6BrClO/c1-10(22)20-14-8-11(4-5-18-14)12-7-13(16(17)19-9-12)21-6-2-3-15(21)23;1-10(17)8-12-9-11(6-7-16-12)15-18-13(2,3)14(4,5)19-15;11-3-1-2-9(15)5-7-4-8(12)6-14-10(7)13;10-6-4-7(9(11)12-5-6)13-3-1-2-8(13)14;6-3-1-4(7)5(8)9-2-3;5-3-1-2-4(6)7/h4-5,7-9H,2-3,6H2,1H3,(H2,17,19)(H,18,20,22);6-7,9H,8H2,1-5H3;4,6H,1-3,5H2,(H2,13,14);4-5H,1-3H2,(H2,11,12);1-2H,7H2,(H2,8,9);1-3H2. The van der Waals surface area contributed by atoms with Gasteiger partial charge in [-0.25, -0.2) is 24.9 Å². The van der Waals surface area contributed by atoms with Gasteiger partial charge in [-0.2, -0.15) is 0 Å². The number of Topliss-reactive ketones (excluding diaryl/α,β-unsaturated/α-hetero) is 2. The smallest absolute Gasteiger partial charge is 0.399 e. The Morgan fingerprint density at radius 3 is 1.66 bits per heavy atom. The normalized spacial score (nSPS) is 14.3. The van der Waals surface area contributed by atoms with Crippen molar-refractivity contribution in [3.63, 3.8) is 0 Å². The van der Waals surface area contributed by atoms with Crippen LogP contribution < -0.4 is 49.2 Å². The molecule has 0 atom stereocenters. The molecule has 0 aromatic carbocycles. The van der Waals surface area contributed by atoms with Crippen molar-refractivity contribution >= 4 is 185 Å². The van der Waals surface area contributed by atoms with Gasteiger partial charge in [0, 0.05) is 137 Å². The maximum atomic E-state index is 11.9. The Balaban J connectivity index is 0.000000232. The lowest BCUT2D eigenvalue weighted by molar-refractivity contribution is -0.119. The highest BCUT2D eigenvalue weighted by Gasteiger charge is 2.51. The lowest BCUT2D eigenvalue weighted by Gasteiger charge is -2.32. The van der Waals surface area contributed by atoms with E-state index in [1.807, 2.05) is 64.1 Å². The van der Waals surface area contributed by atoms with Crippen LogP contribution in [-0.2, 0) is 50.9 Å². The van der Waals surface area contributed by atoms with E-state index in [1.54, 1.807) is 66.0 Å². The average Bonchev–Trinajstić information content (AvgIpc) is 2.45. The lowest BCUT2D eigenvalue weighted by atomic mass is 9.79. The predicted octanol–water partition coefficient (Wildman–Crippen LogP) is 10.5. The first-order chi connectivity index (χ1) is 41.0. The Morgan fingerprint density at radius 2 is 1.15 bits per heavy atom. The van der Waals surface area contributed by atoms with Gasteiger partial charge in [0.25, 0.3) is 0 Å². The summed E-state index contributed by atoms with van der Waals surface area (Å²) in [5.41, 5.74) is 33.3. The molecule has 11 N–H and O–H groups in total. The van der Waals surface area contributed by atoms with Gasteiger partial charge in [0.1, 0.15) is 40.7 Å². The summed E-state index contributed by atoms with van der Waals surface area (Å²) < 4.78 is 14.5. The molecule has 29 heteroatoms. The maximum Gasteiger partial charge on any atom is 0.494 e. The van der Waals surface area contributed by atoms with Gasteiger partial charge < -0.3 is 53.1 Å². The molecule has 6 aromatic heterocycles. The van der Waals surface area contributed by atoms with Gasteiger partial charge in [0.15, 0.2) is 0 Å². The fourth-order valence-corrected chi connectivity index (χ4v) is 9.74. The number of anilines is 8.